The molecule has 4 rings (SSSR count). The molecule has 1 aromatic carbocycles. The fourth-order valence-corrected chi connectivity index (χ4v) is 3.35. The molecule has 1 unspecified atom stereocenters. The number of carbonyl (C=O) groups is 1. The number of ether oxygens (including phenoxy) is 2. The Hall–Kier alpha value is -3.09. The summed E-state index contributed by atoms with van der Waals surface area (Å²) in [5.41, 5.74) is 0.588. The van der Waals surface area contributed by atoms with Gasteiger partial charge in [-0.2, -0.15) is 4.98 Å². The van der Waals surface area contributed by atoms with E-state index in [1.165, 1.54) is 0 Å². The van der Waals surface area contributed by atoms with Crippen LogP contribution in [-0.4, -0.2) is 47.1 Å². The standard InChI is InChI=1S/C20H21N3O4/c1-13-21-9-8-18(22-13)26-15-6-4-10-23(12-15)20(24)17-11-14-5-3-7-16(25-2)19(14)27-17/h3,5,7-9,11,15H,4,6,10,12H2,1-2H3. The van der Waals surface area contributed by atoms with Gasteiger partial charge in [-0.25, -0.2) is 4.98 Å². The first-order valence-electron chi connectivity index (χ1n) is 8.96. The van der Waals surface area contributed by atoms with Gasteiger partial charge >= 0.3 is 0 Å². The van der Waals surface area contributed by atoms with E-state index in [0.717, 1.165) is 18.2 Å². The Morgan fingerprint density at radius 1 is 1.33 bits per heavy atom. The molecule has 1 atom stereocenters. The number of likely N-dealkylation sites (tertiary alicyclic amines) is 1. The third-order valence-corrected chi connectivity index (χ3v) is 4.64. The van der Waals surface area contributed by atoms with Crippen molar-refractivity contribution in [1.82, 2.24) is 14.9 Å². The minimum Gasteiger partial charge on any atom is -0.493 e. The Balaban J connectivity index is 1.50. The molecule has 1 amide bonds. The van der Waals surface area contributed by atoms with Gasteiger partial charge in [-0.1, -0.05) is 12.1 Å². The van der Waals surface area contributed by atoms with Crippen LogP contribution in [0.1, 0.15) is 29.2 Å². The summed E-state index contributed by atoms with van der Waals surface area (Å²) in [6, 6.07) is 9.09. The number of rotatable bonds is 4. The van der Waals surface area contributed by atoms with Crippen LogP contribution in [0.25, 0.3) is 11.0 Å². The number of para-hydroxylation sites is 1. The fourth-order valence-electron chi connectivity index (χ4n) is 3.35. The maximum atomic E-state index is 12.9. The summed E-state index contributed by atoms with van der Waals surface area (Å²) < 4.78 is 17.1. The van der Waals surface area contributed by atoms with Gasteiger partial charge in [-0.3, -0.25) is 4.79 Å². The van der Waals surface area contributed by atoms with Crippen molar-refractivity contribution >= 4 is 16.9 Å². The number of piperidine rings is 1. The molecular weight excluding hydrogens is 346 g/mol. The summed E-state index contributed by atoms with van der Waals surface area (Å²) >= 11 is 0. The second-order valence-electron chi connectivity index (χ2n) is 6.56. The lowest BCUT2D eigenvalue weighted by Crippen LogP contribution is -2.44. The minimum absolute atomic E-state index is 0.101. The van der Waals surface area contributed by atoms with Crippen molar-refractivity contribution in [2.45, 2.75) is 25.9 Å². The number of furan rings is 1. The van der Waals surface area contributed by atoms with Gasteiger partial charge < -0.3 is 18.8 Å². The lowest BCUT2D eigenvalue weighted by atomic mass is 10.1. The molecule has 1 fully saturated rings. The second kappa shape index (κ2) is 7.26. The normalized spacial score (nSPS) is 17.1. The maximum absolute atomic E-state index is 12.9. The van der Waals surface area contributed by atoms with Gasteiger partial charge in [0.2, 0.25) is 5.88 Å². The molecule has 140 valence electrons. The number of hydrogen-bond acceptors (Lipinski definition) is 6. The smallest absolute Gasteiger partial charge is 0.289 e. The van der Waals surface area contributed by atoms with E-state index < -0.39 is 0 Å². The van der Waals surface area contributed by atoms with Crippen LogP contribution in [0, 0.1) is 6.92 Å². The van der Waals surface area contributed by atoms with Crippen LogP contribution in [0.3, 0.4) is 0 Å². The lowest BCUT2D eigenvalue weighted by Gasteiger charge is -2.32. The molecule has 1 saturated heterocycles. The summed E-state index contributed by atoms with van der Waals surface area (Å²) in [7, 11) is 1.58. The third-order valence-electron chi connectivity index (χ3n) is 4.64. The van der Waals surface area contributed by atoms with Crippen LogP contribution in [-0.2, 0) is 0 Å². The van der Waals surface area contributed by atoms with Gasteiger partial charge in [-0.05, 0) is 31.9 Å². The molecular formula is C20H21N3O4. The van der Waals surface area contributed by atoms with Crippen molar-refractivity contribution in [1.29, 1.82) is 0 Å². The summed E-state index contributed by atoms with van der Waals surface area (Å²) in [5, 5.41) is 0.846. The number of amides is 1. The Labute approximate surface area is 156 Å². The predicted molar refractivity (Wildman–Crippen MR) is 99.1 cm³/mol. The van der Waals surface area contributed by atoms with Crippen molar-refractivity contribution in [2.24, 2.45) is 0 Å². The first-order chi connectivity index (χ1) is 13.1. The quantitative estimate of drug-likeness (QED) is 0.705. The highest BCUT2D eigenvalue weighted by Gasteiger charge is 2.28. The number of aryl methyl sites for hydroxylation is 1. The minimum atomic E-state index is -0.138. The van der Waals surface area contributed by atoms with Gasteiger partial charge in [0.15, 0.2) is 17.1 Å². The number of benzene rings is 1. The fraction of sp³-hybridized carbons (Fsp3) is 0.350. The van der Waals surface area contributed by atoms with Gasteiger partial charge in [0.1, 0.15) is 11.9 Å². The van der Waals surface area contributed by atoms with Crippen molar-refractivity contribution < 1.29 is 18.7 Å². The van der Waals surface area contributed by atoms with E-state index in [1.807, 2.05) is 25.1 Å². The molecule has 1 aliphatic heterocycles. The zero-order chi connectivity index (χ0) is 18.8. The average Bonchev–Trinajstić information content (AvgIpc) is 3.12. The monoisotopic (exact) mass is 367 g/mol. The predicted octanol–water partition coefficient (Wildman–Crippen LogP) is 3.22. The first-order valence-corrected chi connectivity index (χ1v) is 8.96. The SMILES string of the molecule is COc1cccc2cc(C(=O)N3CCCC(Oc4ccnc(C)n4)C3)oc12. The third kappa shape index (κ3) is 3.58. The molecule has 3 aromatic rings. The molecule has 0 spiro atoms. The van der Waals surface area contributed by atoms with Gasteiger partial charge in [0.05, 0.1) is 13.7 Å². The zero-order valence-corrected chi connectivity index (χ0v) is 15.3. The molecule has 0 saturated carbocycles. The van der Waals surface area contributed by atoms with Gasteiger partial charge in [0, 0.05) is 24.2 Å². The van der Waals surface area contributed by atoms with Crippen LogP contribution in [0.5, 0.6) is 11.6 Å². The van der Waals surface area contributed by atoms with Crippen molar-refractivity contribution in [3.05, 3.63) is 48.1 Å². The highest BCUT2D eigenvalue weighted by Crippen LogP contribution is 2.29. The van der Waals surface area contributed by atoms with Gasteiger partial charge in [0.25, 0.3) is 5.91 Å². The molecule has 0 radical (unpaired) electrons. The Bertz CT molecular complexity index is 969. The number of carbonyl (C=O) groups excluding carboxylic acids is 1. The molecule has 27 heavy (non-hydrogen) atoms. The van der Waals surface area contributed by atoms with Crippen LogP contribution in [0.2, 0.25) is 0 Å². The number of methoxy groups -OCH3 is 1. The number of hydrogen-bond donors (Lipinski definition) is 0. The highest BCUT2D eigenvalue weighted by molar-refractivity contribution is 5.97. The average molecular weight is 367 g/mol. The highest BCUT2D eigenvalue weighted by atomic mass is 16.5. The van der Waals surface area contributed by atoms with E-state index in [4.69, 9.17) is 13.9 Å². The molecule has 0 bridgehead atoms. The first kappa shape index (κ1) is 17.3. The van der Waals surface area contributed by atoms with E-state index in [9.17, 15) is 4.79 Å². The van der Waals surface area contributed by atoms with Crippen molar-refractivity contribution in [3.8, 4) is 11.6 Å². The zero-order valence-electron chi connectivity index (χ0n) is 15.3. The lowest BCUT2D eigenvalue weighted by molar-refractivity contribution is 0.0501. The molecule has 7 heteroatoms. The van der Waals surface area contributed by atoms with Crippen molar-refractivity contribution in [3.63, 3.8) is 0 Å². The number of fused-ring (bicyclic) bond motifs is 1. The topological polar surface area (TPSA) is 77.7 Å². The Morgan fingerprint density at radius 3 is 3.04 bits per heavy atom. The van der Waals surface area contributed by atoms with E-state index in [2.05, 4.69) is 9.97 Å². The van der Waals surface area contributed by atoms with Gasteiger partial charge in [-0.15, -0.1) is 0 Å². The molecule has 1 aliphatic rings. The van der Waals surface area contributed by atoms with E-state index in [1.54, 1.807) is 30.3 Å². The maximum Gasteiger partial charge on any atom is 0.289 e. The van der Waals surface area contributed by atoms with E-state index in [0.29, 0.717) is 41.9 Å². The second-order valence-corrected chi connectivity index (χ2v) is 6.56. The summed E-state index contributed by atoms with van der Waals surface area (Å²) in [4.78, 5) is 23.0. The summed E-state index contributed by atoms with van der Waals surface area (Å²) in [5.74, 6) is 1.99. The molecule has 0 aliphatic carbocycles. The molecule has 2 aromatic heterocycles. The Kier molecular flexibility index (Phi) is 4.66. The molecule has 3 heterocycles. The molecule has 7 nitrogen and oxygen atoms in total. The number of nitrogens with zero attached hydrogens (tertiary/aromatic N) is 3. The largest absolute Gasteiger partial charge is 0.493 e. The van der Waals surface area contributed by atoms with Crippen LogP contribution in [0.4, 0.5) is 0 Å². The number of aromatic nitrogens is 2. The van der Waals surface area contributed by atoms with Crippen molar-refractivity contribution in [2.75, 3.05) is 20.2 Å². The van der Waals surface area contributed by atoms with Crippen LogP contribution >= 0.6 is 0 Å². The van der Waals surface area contributed by atoms with Crippen LogP contribution < -0.4 is 9.47 Å². The molecule has 0 N–H and O–H groups in total. The summed E-state index contributed by atoms with van der Waals surface area (Å²) in [6.07, 6.45) is 3.31. The summed E-state index contributed by atoms with van der Waals surface area (Å²) in [6.45, 7) is 2.99. The Morgan fingerprint density at radius 2 is 2.22 bits per heavy atom. The van der Waals surface area contributed by atoms with E-state index in [-0.39, 0.29) is 12.0 Å². The van der Waals surface area contributed by atoms with Crippen LogP contribution in [0.15, 0.2) is 40.9 Å². The van der Waals surface area contributed by atoms with E-state index >= 15 is 0 Å².